The zero-order valence-electron chi connectivity index (χ0n) is 17.5. The molecule has 3 aromatic rings. The summed E-state index contributed by atoms with van der Waals surface area (Å²) < 4.78 is 25.4. The Labute approximate surface area is 177 Å². The summed E-state index contributed by atoms with van der Waals surface area (Å²) in [5.41, 5.74) is 3.74. The Balaban J connectivity index is 1.65. The van der Waals surface area contributed by atoms with E-state index >= 15 is 0 Å². The maximum absolute atomic E-state index is 11.8. The largest absolute Gasteiger partial charge is 0.357 e. The summed E-state index contributed by atoms with van der Waals surface area (Å²) in [5, 5.41) is 10.9. The average molecular weight is 426 g/mol. The second kappa shape index (κ2) is 9.58. The van der Waals surface area contributed by atoms with Crippen molar-refractivity contribution in [3.05, 3.63) is 77.6 Å². The molecule has 0 atom stereocenters. The van der Waals surface area contributed by atoms with Crippen LogP contribution in [0.1, 0.15) is 23.6 Å². The molecule has 1 heterocycles. The van der Waals surface area contributed by atoms with Crippen molar-refractivity contribution in [1.29, 1.82) is 0 Å². The van der Waals surface area contributed by atoms with Crippen molar-refractivity contribution in [3.8, 4) is 5.69 Å². The molecule has 0 aliphatic rings. The number of aryl methyl sites for hydroxylation is 1. The van der Waals surface area contributed by atoms with Gasteiger partial charge in [0.2, 0.25) is 0 Å². The van der Waals surface area contributed by atoms with Gasteiger partial charge in [0.1, 0.15) is 0 Å². The summed E-state index contributed by atoms with van der Waals surface area (Å²) in [5.74, 6) is 0.690. The van der Waals surface area contributed by atoms with E-state index in [1.165, 1.54) is 6.26 Å². The minimum absolute atomic E-state index is 0.363. The Morgan fingerprint density at radius 3 is 2.53 bits per heavy atom. The number of aromatic nitrogens is 2. The molecule has 0 unspecified atom stereocenters. The predicted molar refractivity (Wildman–Crippen MR) is 120 cm³/mol. The van der Waals surface area contributed by atoms with Gasteiger partial charge in [0.25, 0.3) is 0 Å². The second-order valence-corrected chi connectivity index (χ2v) is 9.03. The maximum atomic E-state index is 11.8. The van der Waals surface area contributed by atoms with E-state index in [0.29, 0.717) is 23.9 Å². The van der Waals surface area contributed by atoms with Crippen molar-refractivity contribution in [2.45, 2.75) is 31.8 Å². The van der Waals surface area contributed by atoms with Crippen molar-refractivity contribution in [3.63, 3.8) is 0 Å². The van der Waals surface area contributed by atoms with Crippen molar-refractivity contribution in [2.75, 3.05) is 12.8 Å². The lowest BCUT2D eigenvalue weighted by molar-refractivity contribution is 0.601. The van der Waals surface area contributed by atoms with E-state index in [2.05, 4.69) is 20.7 Å². The van der Waals surface area contributed by atoms with Crippen LogP contribution in [0.5, 0.6) is 0 Å². The summed E-state index contributed by atoms with van der Waals surface area (Å²) in [6.07, 6.45) is 5.01. The number of para-hydroxylation sites is 1. The summed E-state index contributed by atoms with van der Waals surface area (Å²) in [7, 11) is -3.21. The summed E-state index contributed by atoms with van der Waals surface area (Å²) >= 11 is 0. The molecule has 0 saturated carbocycles. The highest BCUT2D eigenvalue weighted by atomic mass is 32.2. The topological polar surface area (TPSA) is 88.4 Å². The molecule has 1 aromatic heterocycles. The first-order chi connectivity index (χ1) is 14.4. The third-order valence-corrected chi connectivity index (χ3v) is 5.78. The lowest BCUT2D eigenvalue weighted by Gasteiger charge is -2.12. The van der Waals surface area contributed by atoms with Crippen molar-refractivity contribution in [2.24, 2.45) is 4.99 Å². The summed E-state index contributed by atoms with van der Waals surface area (Å²) in [6, 6.07) is 15.3. The van der Waals surface area contributed by atoms with Crippen molar-refractivity contribution >= 4 is 15.8 Å². The predicted octanol–water partition coefficient (Wildman–Crippen LogP) is 2.84. The molecule has 0 fully saturated rings. The third-order valence-electron chi connectivity index (χ3n) is 4.52. The fourth-order valence-electron chi connectivity index (χ4n) is 3.10. The highest BCUT2D eigenvalue weighted by molar-refractivity contribution is 7.90. The molecule has 7 nitrogen and oxygen atoms in total. The number of hydrogen-bond donors (Lipinski definition) is 2. The van der Waals surface area contributed by atoms with Crippen LogP contribution in [0.3, 0.4) is 0 Å². The van der Waals surface area contributed by atoms with Crippen LogP contribution in [0, 0.1) is 6.92 Å². The van der Waals surface area contributed by atoms with E-state index in [1.807, 2.05) is 73.4 Å². The van der Waals surface area contributed by atoms with Gasteiger partial charge in [-0.15, -0.1) is 0 Å². The van der Waals surface area contributed by atoms with Crippen LogP contribution in [0.2, 0.25) is 0 Å². The van der Waals surface area contributed by atoms with E-state index in [4.69, 9.17) is 0 Å². The van der Waals surface area contributed by atoms with E-state index < -0.39 is 9.84 Å². The van der Waals surface area contributed by atoms with E-state index in [1.54, 1.807) is 6.07 Å². The van der Waals surface area contributed by atoms with Gasteiger partial charge >= 0.3 is 0 Å². The fourth-order valence-corrected chi connectivity index (χ4v) is 4.06. The number of nitrogens with zero attached hydrogens (tertiary/aromatic N) is 3. The van der Waals surface area contributed by atoms with Gasteiger partial charge in [-0.05, 0) is 43.2 Å². The molecule has 0 saturated heterocycles. The molecule has 0 radical (unpaired) electrons. The van der Waals surface area contributed by atoms with Gasteiger partial charge in [-0.1, -0.05) is 30.3 Å². The Morgan fingerprint density at radius 1 is 1.10 bits per heavy atom. The number of nitrogens with one attached hydrogen (secondary N) is 2. The molecule has 0 bridgehead atoms. The van der Waals surface area contributed by atoms with Gasteiger partial charge in [-0.3, -0.25) is 0 Å². The molecule has 0 aliphatic heterocycles. The molecule has 0 amide bonds. The minimum Gasteiger partial charge on any atom is -0.357 e. The van der Waals surface area contributed by atoms with Crippen LogP contribution in [-0.2, 0) is 22.9 Å². The van der Waals surface area contributed by atoms with Gasteiger partial charge in [0.05, 0.1) is 23.3 Å². The monoisotopic (exact) mass is 425 g/mol. The van der Waals surface area contributed by atoms with E-state index in [0.717, 1.165) is 28.9 Å². The van der Waals surface area contributed by atoms with Gasteiger partial charge in [0, 0.05) is 31.1 Å². The number of aliphatic imine (C=N–C) groups is 1. The van der Waals surface area contributed by atoms with Gasteiger partial charge in [0.15, 0.2) is 15.8 Å². The van der Waals surface area contributed by atoms with Gasteiger partial charge < -0.3 is 10.6 Å². The highest BCUT2D eigenvalue weighted by Crippen LogP contribution is 2.16. The number of hydrogen-bond acceptors (Lipinski definition) is 4. The van der Waals surface area contributed by atoms with E-state index in [9.17, 15) is 8.42 Å². The van der Waals surface area contributed by atoms with Gasteiger partial charge in [-0.25, -0.2) is 18.1 Å². The average Bonchev–Trinajstić information content (AvgIpc) is 3.19. The van der Waals surface area contributed by atoms with Crippen molar-refractivity contribution < 1.29 is 8.42 Å². The first-order valence-corrected chi connectivity index (χ1v) is 11.7. The lowest BCUT2D eigenvalue weighted by Crippen LogP contribution is -2.36. The fraction of sp³-hybridized carbons (Fsp3) is 0.273. The highest BCUT2D eigenvalue weighted by Gasteiger charge is 2.11. The maximum Gasteiger partial charge on any atom is 0.191 e. The smallest absolute Gasteiger partial charge is 0.191 e. The van der Waals surface area contributed by atoms with Crippen LogP contribution in [0.25, 0.3) is 5.69 Å². The SMILES string of the molecule is CCNC(=NCc1cnn(-c2ccccc2)c1)NCc1ccc(S(C)(=O)=O)c(C)c1. The molecule has 0 spiro atoms. The summed E-state index contributed by atoms with van der Waals surface area (Å²) in [6.45, 7) is 5.59. The Kier molecular flexibility index (Phi) is 6.89. The van der Waals surface area contributed by atoms with Crippen molar-refractivity contribution in [1.82, 2.24) is 20.4 Å². The lowest BCUT2D eigenvalue weighted by atomic mass is 10.1. The number of guanidine groups is 1. The number of rotatable bonds is 7. The molecular formula is C22H27N5O2S. The minimum atomic E-state index is -3.21. The molecule has 158 valence electrons. The molecule has 8 heteroatoms. The van der Waals surface area contributed by atoms with Crippen LogP contribution in [-0.4, -0.2) is 37.0 Å². The Morgan fingerprint density at radius 2 is 1.87 bits per heavy atom. The molecule has 30 heavy (non-hydrogen) atoms. The Bertz CT molecular complexity index is 1120. The first kappa shape index (κ1) is 21.6. The first-order valence-electron chi connectivity index (χ1n) is 9.77. The van der Waals surface area contributed by atoms with Gasteiger partial charge in [-0.2, -0.15) is 5.10 Å². The molecule has 2 N–H and O–H groups in total. The molecule has 0 aliphatic carbocycles. The number of benzene rings is 2. The number of sulfone groups is 1. The zero-order chi connectivity index (χ0) is 21.6. The molecule has 3 rings (SSSR count). The molecular weight excluding hydrogens is 398 g/mol. The van der Waals surface area contributed by atoms with Crippen LogP contribution in [0.4, 0.5) is 0 Å². The van der Waals surface area contributed by atoms with E-state index in [-0.39, 0.29) is 0 Å². The second-order valence-electron chi connectivity index (χ2n) is 7.05. The van der Waals surface area contributed by atoms with Crippen LogP contribution in [0.15, 0.2) is 70.8 Å². The van der Waals surface area contributed by atoms with Crippen LogP contribution >= 0.6 is 0 Å². The standard InChI is InChI=1S/C22H27N5O2S/c1-4-23-22(24-13-18-10-11-21(17(2)12-18)30(3,28)29)25-14-19-15-26-27(16-19)20-8-6-5-7-9-20/h5-12,15-16H,4,13-14H2,1-3H3,(H2,23,24,25). The quantitative estimate of drug-likeness (QED) is 0.449. The normalized spacial score (nSPS) is 12.0. The zero-order valence-corrected chi connectivity index (χ0v) is 18.3. The molecule has 2 aromatic carbocycles. The third kappa shape index (κ3) is 5.70. The summed E-state index contributed by atoms with van der Waals surface area (Å²) in [4.78, 5) is 4.99. The van der Waals surface area contributed by atoms with Crippen LogP contribution < -0.4 is 10.6 Å². The Hall–Kier alpha value is -3.13.